The highest BCUT2D eigenvalue weighted by Gasteiger charge is 2.42. The van der Waals surface area contributed by atoms with Gasteiger partial charge >= 0.3 is 11.9 Å². The Bertz CT molecular complexity index is 1010. The van der Waals surface area contributed by atoms with E-state index in [-0.39, 0.29) is 48.8 Å². The first-order chi connectivity index (χ1) is 16.9. The van der Waals surface area contributed by atoms with E-state index in [4.69, 9.17) is 9.47 Å². The number of Topliss-reactive ketones (excluding diaryl/α,β-unsaturated/α-hetero) is 1. The van der Waals surface area contributed by atoms with E-state index < -0.39 is 5.41 Å². The van der Waals surface area contributed by atoms with Gasteiger partial charge in [0.15, 0.2) is 0 Å². The summed E-state index contributed by atoms with van der Waals surface area (Å²) in [7, 11) is 1.38. The summed E-state index contributed by atoms with van der Waals surface area (Å²) in [6, 6.07) is 14.9. The van der Waals surface area contributed by atoms with E-state index in [1.165, 1.54) is 12.7 Å². The predicted molar refractivity (Wildman–Crippen MR) is 133 cm³/mol. The highest BCUT2D eigenvalue weighted by molar-refractivity contribution is 5.86. The lowest BCUT2D eigenvalue weighted by atomic mass is 9.75. The predicted octanol–water partition coefficient (Wildman–Crippen LogP) is 4.98. The second-order valence-electron chi connectivity index (χ2n) is 9.49. The van der Waals surface area contributed by atoms with Crippen LogP contribution in [0.1, 0.15) is 62.1 Å². The number of para-hydroxylation sites is 1. The van der Waals surface area contributed by atoms with Crippen LogP contribution in [0.25, 0.3) is 0 Å². The van der Waals surface area contributed by atoms with Crippen LogP contribution in [0.2, 0.25) is 0 Å². The first-order valence-corrected chi connectivity index (χ1v) is 12.5. The molecule has 1 aliphatic rings. The summed E-state index contributed by atoms with van der Waals surface area (Å²) in [6.07, 6.45) is 4.59. The largest absolute Gasteiger partial charge is 0.508 e. The van der Waals surface area contributed by atoms with Crippen molar-refractivity contribution in [3.05, 3.63) is 65.2 Å². The molecule has 0 aliphatic heterocycles. The number of esters is 2. The maximum Gasteiger partial charge on any atom is 0.310 e. The molecule has 2 aromatic carbocycles. The molecule has 1 fully saturated rings. The van der Waals surface area contributed by atoms with Crippen LogP contribution in [-0.2, 0) is 43.1 Å². The lowest BCUT2D eigenvalue weighted by Gasteiger charge is -2.31. The number of ether oxygens (including phenoxy) is 2. The number of rotatable bonds is 10. The molecule has 0 bridgehead atoms. The molecule has 2 atom stereocenters. The van der Waals surface area contributed by atoms with Crippen molar-refractivity contribution >= 4 is 17.7 Å². The number of phenolic OH excluding ortho intramolecular Hbond substituents is 1. The van der Waals surface area contributed by atoms with Crippen molar-refractivity contribution in [3.8, 4) is 5.75 Å². The van der Waals surface area contributed by atoms with Gasteiger partial charge in [0.1, 0.15) is 18.1 Å². The van der Waals surface area contributed by atoms with Crippen molar-refractivity contribution in [2.75, 3.05) is 13.7 Å². The van der Waals surface area contributed by atoms with Gasteiger partial charge in [0.25, 0.3) is 0 Å². The second-order valence-corrected chi connectivity index (χ2v) is 9.49. The summed E-state index contributed by atoms with van der Waals surface area (Å²) < 4.78 is 10.6. The summed E-state index contributed by atoms with van der Waals surface area (Å²) in [6.45, 7) is 2.09. The fraction of sp³-hybridized carbons (Fsp3) is 0.483. The maximum atomic E-state index is 13.6. The van der Waals surface area contributed by atoms with Gasteiger partial charge in [0, 0.05) is 6.42 Å². The Morgan fingerprint density at radius 1 is 1.00 bits per heavy atom. The van der Waals surface area contributed by atoms with Crippen molar-refractivity contribution in [2.24, 2.45) is 11.3 Å². The lowest BCUT2D eigenvalue weighted by Crippen LogP contribution is -2.37. The van der Waals surface area contributed by atoms with Gasteiger partial charge in [-0.15, -0.1) is 0 Å². The summed E-state index contributed by atoms with van der Waals surface area (Å²) in [5.41, 5.74) is 1.95. The smallest absolute Gasteiger partial charge is 0.310 e. The molecule has 0 radical (unpaired) electrons. The van der Waals surface area contributed by atoms with Gasteiger partial charge in [-0.25, -0.2) is 0 Å². The van der Waals surface area contributed by atoms with Crippen LogP contribution in [0.5, 0.6) is 5.75 Å². The van der Waals surface area contributed by atoms with Crippen molar-refractivity contribution in [2.45, 2.75) is 64.7 Å². The van der Waals surface area contributed by atoms with Gasteiger partial charge in [-0.3, -0.25) is 14.4 Å². The molecule has 35 heavy (non-hydrogen) atoms. The number of carbonyl (C=O) groups is 3. The summed E-state index contributed by atoms with van der Waals surface area (Å²) in [4.78, 5) is 38.4. The highest BCUT2D eigenvalue weighted by atomic mass is 16.5. The van der Waals surface area contributed by atoms with Crippen LogP contribution in [0, 0.1) is 11.3 Å². The molecule has 2 aromatic rings. The topological polar surface area (TPSA) is 89.9 Å². The van der Waals surface area contributed by atoms with E-state index in [9.17, 15) is 19.5 Å². The van der Waals surface area contributed by atoms with E-state index in [1.54, 1.807) is 18.2 Å². The number of ketones is 1. The second kappa shape index (κ2) is 12.5. The van der Waals surface area contributed by atoms with Gasteiger partial charge in [0.2, 0.25) is 0 Å². The van der Waals surface area contributed by atoms with Crippen molar-refractivity contribution < 1.29 is 29.0 Å². The average Bonchev–Trinajstić information content (AvgIpc) is 3.10. The Labute approximate surface area is 207 Å². The molecule has 2 unspecified atom stereocenters. The Morgan fingerprint density at radius 2 is 1.71 bits per heavy atom. The molecule has 6 heteroatoms. The number of phenols is 1. The molecule has 0 saturated heterocycles. The quantitative estimate of drug-likeness (QED) is 0.381. The van der Waals surface area contributed by atoms with Gasteiger partial charge in [-0.1, -0.05) is 55.8 Å². The normalized spacial score (nSPS) is 20.0. The van der Waals surface area contributed by atoms with Crippen LogP contribution in [-0.4, -0.2) is 36.5 Å². The third-order valence-corrected chi connectivity index (χ3v) is 7.21. The van der Waals surface area contributed by atoms with Crippen LogP contribution in [0.4, 0.5) is 0 Å². The molecule has 6 nitrogen and oxygen atoms in total. The van der Waals surface area contributed by atoms with Gasteiger partial charge in [-0.05, 0) is 61.3 Å². The molecule has 1 saturated carbocycles. The third-order valence-electron chi connectivity index (χ3n) is 7.21. The van der Waals surface area contributed by atoms with Crippen LogP contribution in [0.3, 0.4) is 0 Å². The van der Waals surface area contributed by atoms with Gasteiger partial charge < -0.3 is 14.6 Å². The monoisotopic (exact) mass is 480 g/mol. The van der Waals surface area contributed by atoms with Crippen LogP contribution >= 0.6 is 0 Å². The molecule has 188 valence electrons. The number of hydrogen-bond acceptors (Lipinski definition) is 6. The minimum atomic E-state index is -0.838. The number of aromatic hydroxyl groups is 1. The van der Waals surface area contributed by atoms with E-state index in [2.05, 4.69) is 6.92 Å². The minimum Gasteiger partial charge on any atom is -0.508 e. The molecule has 3 rings (SSSR count). The molecular formula is C29H36O6. The first-order valence-electron chi connectivity index (χ1n) is 12.5. The number of hydrogen-bond donors (Lipinski definition) is 1. The maximum absolute atomic E-state index is 13.6. The highest BCUT2D eigenvalue weighted by Crippen LogP contribution is 2.40. The summed E-state index contributed by atoms with van der Waals surface area (Å²) >= 11 is 0. The molecule has 0 spiro atoms. The first kappa shape index (κ1) is 26.5. The number of aryl methyl sites for hydroxylation is 2. The zero-order valence-corrected chi connectivity index (χ0v) is 20.8. The fourth-order valence-corrected chi connectivity index (χ4v) is 4.88. The van der Waals surface area contributed by atoms with Crippen LogP contribution in [0.15, 0.2) is 48.5 Å². The number of carbonyl (C=O) groups excluding carboxylic acids is 3. The number of methoxy groups -OCH3 is 1. The van der Waals surface area contributed by atoms with E-state index >= 15 is 0 Å². The molecule has 0 amide bonds. The Kier molecular flexibility index (Phi) is 9.47. The van der Waals surface area contributed by atoms with E-state index in [1.807, 2.05) is 30.3 Å². The number of benzene rings is 2. The standard InChI is InChI=1S/C29H36O6/c1-3-21-10-12-22(13-11-21)19-27(32)35-20-29(17-6-8-24(16-18-29)28(33)34-2)26(31)15-14-23-7-4-5-9-25(23)30/h4-5,7,9-13,24,30H,3,6,8,14-20H2,1-2H3. The zero-order chi connectivity index (χ0) is 25.3. The van der Waals surface area contributed by atoms with E-state index in [0.29, 0.717) is 44.1 Å². The summed E-state index contributed by atoms with van der Waals surface area (Å²) in [5.74, 6) is -0.695. The molecular weight excluding hydrogens is 444 g/mol. The Morgan fingerprint density at radius 3 is 2.40 bits per heavy atom. The molecule has 0 aromatic heterocycles. The SMILES string of the molecule is CCc1ccc(CC(=O)OCC2(C(=O)CCc3ccccc3O)CCCC(C(=O)OC)CC2)cc1. The van der Waals surface area contributed by atoms with E-state index in [0.717, 1.165) is 12.0 Å². The molecule has 1 aliphatic carbocycles. The minimum absolute atomic E-state index is 0.00590. The van der Waals surface area contributed by atoms with Crippen molar-refractivity contribution in [3.63, 3.8) is 0 Å². The summed E-state index contributed by atoms with van der Waals surface area (Å²) in [5, 5.41) is 10.1. The van der Waals surface area contributed by atoms with Gasteiger partial charge in [-0.2, -0.15) is 0 Å². The van der Waals surface area contributed by atoms with Gasteiger partial charge in [0.05, 0.1) is 24.9 Å². The fourth-order valence-electron chi connectivity index (χ4n) is 4.88. The molecule has 1 N–H and O–H groups in total. The molecule has 0 heterocycles. The Hall–Kier alpha value is -3.15. The van der Waals surface area contributed by atoms with Crippen molar-refractivity contribution in [1.29, 1.82) is 0 Å². The zero-order valence-electron chi connectivity index (χ0n) is 20.8. The van der Waals surface area contributed by atoms with Crippen molar-refractivity contribution in [1.82, 2.24) is 0 Å². The average molecular weight is 481 g/mol. The lowest BCUT2D eigenvalue weighted by molar-refractivity contribution is -0.151. The van der Waals surface area contributed by atoms with Crippen LogP contribution < -0.4 is 0 Å². The Balaban J connectivity index is 1.70. The third kappa shape index (κ3) is 7.17.